The van der Waals surface area contributed by atoms with Crippen LogP contribution < -0.4 is 15.4 Å². The Hall–Kier alpha value is -1.90. The van der Waals surface area contributed by atoms with Gasteiger partial charge in [-0.1, -0.05) is 5.16 Å². The summed E-state index contributed by atoms with van der Waals surface area (Å²) in [4.78, 5) is 42.7. The number of alkyl carbamates (subject to hydrolysis) is 1. The number of benzene rings is 1. The molecule has 2 N–H and O–H groups in total. The number of nitrogens with one attached hydrogen (secondary N) is 2. The van der Waals surface area contributed by atoms with Crippen molar-refractivity contribution in [1.82, 2.24) is 10.6 Å². The normalized spacial score (nSPS) is 18.6. The van der Waals surface area contributed by atoms with Gasteiger partial charge in [-0.3, -0.25) is 9.59 Å². The summed E-state index contributed by atoms with van der Waals surface area (Å²) in [5.41, 5.74) is -0.832. The van der Waals surface area contributed by atoms with E-state index in [1.165, 1.54) is 7.11 Å². The van der Waals surface area contributed by atoms with Gasteiger partial charge in [0, 0.05) is 13.1 Å². The first kappa shape index (κ1) is 32.6. The van der Waals surface area contributed by atoms with Crippen LogP contribution in [0.3, 0.4) is 0 Å². The minimum absolute atomic E-state index is 0.00506. The maximum Gasteiger partial charge on any atom is 0.407 e. The molecule has 0 fully saturated rings. The summed E-state index contributed by atoms with van der Waals surface area (Å²) in [5, 5.41) is 9.39. The topological polar surface area (TPSA) is 125 Å². The highest BCUT2D eigenvalue weighted by molar-refractivity contribution is 9.12. The first-order chi connectivity index (χ1) is 18.8. The minimum Gasteiger partial charge on any atom is -0.494 e. The number of ether oxygens (including phenoxy) is 3. The van der Waals surface area contributed by atoms with Crippen molar-refractivity contribution in [2.75, 3.05) is 26.8 Å². The Morgan fingerprint density at radius 2 is 1.77 bits per heavy atom. The molecule has 0 saturated carbocycles. The monoisotopic (exact) mass is 811 g/mol. The maximum atomic E-state index is 12.8. The second-order valence-electron chi connectivity index (χ2n) is 9.89. The quantitative estimate of drug-likeness (QED) is 0.287. The Kier molecular flexibility index (Phi) is 11.3. The maximum absolute atomic E-state index is 12.8. The van der Waals surface area contributed by atoms with Gasteiger partial charge in [0.1, 0.15) is 21.5 Å². The number of ketones is 1. The molecule has 1 aromatic rings. The molecule has 218 valence electrons. The summed E-state index contributed by atoms with van der Waals surface area (Å²) in [5.74, 6) is 0.181. The molecule has 1 aromatic carbocycles. The van der Waals surface area contributed by atoms with E-state index in [1.54, 1.807) is 6.08 Å². The molecule has 1 aliphatic carbocycles. The lowest BCUT2D eigenvalue weighted by molar-refractivity contribution is -0.131. The summed E-state index contributed by atoms with van der Waals surface area (Å²) in [7, 11) is 1.45. The standard InChI is InChI=1S/C26H29Br4N3O7/c1-25(2,3)39-24(36)32-8-6-14-10-15(27)20(16(28)11-14)38-9-5-7-31-23(35)18-13-26(40-33-18)12-17(29)21(37-4)19(30)22(26)34/h10-12H,5-9,13H2,1-4H3,(H,31,35)(H,32,36). The Balaban J connectivity index is 1.42. The van der Waals surface area contributed by atoms with Crippen LogP contribution in [-0.2, 0) is 30.3 Å². The third-order valence-electron chi connectivity index (χ3n) is 5.57. The van der Waals surface area contributed by atoms with Crippen LogP contribution in [0.2, 0.25) is 0 Å². The van der Waals surface area contributed by atoms with E-state index in [4.69, 9.17) is 19.0 Å². The molecule has 1 aliphatic heterocycles. The average Bonchev–Trinajstić information content (AvgIpc) is 3.28. The van der Waals surface area contributed by atoms with E-state index in [0.717, 1.165) is 14.5 Å². The van der Waals surface area contributed by atoms with Crippen LogP contribution in [0.25, 0.3) is 0 Å². The first-order valence-corrected chi connectivity index (χ1v) is 15.4. The molecule has 1 heterocycles. The number of hydrogen-bond donors (Lipinski definition) is 2. The molecular formula is C26H29Br4N3O7. The van der Waals surface area contributed by atoms with Crippen LogP contribution in [0, 0.1) is 0 Å². The summed E-state index contributed by atoms with van der Waals surface area (Å²) in [6.07, 6.45) is 2.23. The molecule has 2 amide bonds. The van der Waals surface area contributed by atoms with Crippen LogP contribution in [0.5, 0.6) is 5.75 Å². The molecule has 0 aromatic heterocycles. The number of nitrogens with zero attached hydrogens (tertiary/aromatic N) is 1. The third kappa shape index (κ3) is 8.32. The summed E-state index contributed by atoms with van der Waals surface area (Å²) in [6, 6.07) is 3.85. The molecule has 0 radical (unpaired) electrons. The molecule has 1 atom stereocenters. The van der Waals surface area contributed by atoms with Gasteiger partial charge in [-0.25, -0.2) is 4.79 Å². The third-order valence-corrected chi connectivity index (χ3v) is 8.06. The van der Waals surface area contributed by atoms with Crippen LogP contribution in [0.4, 0.5) is 4.79 Å². The van der Waals surface area contributed by atoms with Crippen LogP contribution in [-0.4, -0.2) is 61.5 Å². The Morgan fingerprint density at radius 3 is 2.40 bits per heavy atom. The molecule has 40 heavy (non-hydrogen) atoms. The number of Topliss-reactive ketones (excluding diaryl/α,β-unsaturated/α-hetero) is 1. The van der Waals surface area contributed by atoms with E-state index in [-0.39, 0.29) is 22.4 Å². The highest BCUT2D eigenvalue weighted by Gasteiger charge is 2.50. The van der Waals surface area contributed by atoms with Crippen molar-refractivity contribution in [3.8, 4) is 5.75 Å². The van der Waals surface area contributed by atoms with Gasteiger partial charge >= 0.3 is 6.09 Å². The van der Waals surface area contributed by atoms with Crippen molar-refractivity contribution in [1.29, 1.82) is 0 Å². The molecule has 1 unspecified atom stereocenters. The SMILES string of the molecule is COC1=C(Br)C(=O)C2(C=C1Br)CC(C(=O)NCCCOc1c(Br)cc(CCNC(=O)OC(C)(C)C)cc1Br)=NO2. The fraction of sp³-hybridized carbons (Fsp3) is 0.462. The van der Waals surface area contributed by atoms with Gasteiger partial charge in [-0.2, -0.15) is 0 Å². The largest absolute Gasteiger partial charge is 0.494 e. The number of halogens is 4. The molecule has 1 spiro atoms. The van der Waals surface area contributed by atoms with E-state index in [0.29, 0.717) is 48.5 Å². The van der Waals surface area contributed by atoms with Crippen LogP contribution >= 0.6 is 63.7 Å². The number of methoxy groups -OCH3 is 1. The van der Waals surface area contributed by atoms with Crippen molar-refractivity contribution in [2.45, 2.75) is 51.2 Å². The fourth-order valence-corrected chi connectivity index (χ4v) is 6.97. The Morgan fingerprint density at radius 1 is 1.10 bits per heavy atom. The second kappa shape index (κ2) is 13.8. The molecular weight excluding hydrogens is 786 g/mol. The number of carbonyl (C=O) groups excluding carboxylic acids is 3. The summed E-state index contributed by atoms with van der Waals surface area (Å²) >= 11 is 13.7. The Labute approximate surface area is 266 Å². The van der Waals surface area contributed by atoms with Crippen molar-refractivity contribution in [3.63, 3.8) is 0 Å². The summed E-state index contributed by atoms with van der Waals surface area (Å²) < 4.78 is 18.6. The second-order valence-corrected chi connectivity index (χ2v) is 13.2. The van der Waals surface area contributed by atoms with Crippen molar-refractivity contribution in [3.05, 3.63) is 47.4 Å². The molecule has 0 saturated heterocycles. The predicted molar refractivity (Wildman–Crippen MR) is 164 cm³/mol. The fourth-order valence-electron chi connectivity index (χ4n) is 3.76. The smallest absolute Gasteiger partial charge is 0.407 e. The Bertz CT molecular complexity index is 1250. The van der Waals surface area contributed by atoms with Crippen LogP contribution in [0.15, 0.2) is 47.0 Å². The number of allylic oxidation sites excluding steroid dienone is 1. The van der Waals surface area contributed by atoms with E-state index < -0.39 is 23.2 Å². The van der Waals surface area contributed by atoms with E-state index in [1.807, 2.05) is 32.9 Å². The summed E-state index contributed by atoms with van der Waals surface area (Å²) in [6.45, 7) is 6.54. The van der Waals surface area contributed by atoms with Gasteiger partial charge in [-0.05, 0) is 121 Å². The van der Waals surface area contributed by atoms with Gasteiger partial charge in [0.25, 0.3) is 5.91 Å². The van der Waals surface area contributed by atoms with Crippen molar-refractivity contribution in [2.24, 2.45) is 5.16 Å². The number of amides is 2. The number of carbonyl (C=O) groups is 3. The van der Waals surface area contributed by atoms with E-state index >= 15 is 0 Å². The molecule has 2 aliphatic rings. The lowest BCUT2D eigenvalue weighted by atomic mass is 9.88. The van der Waals surface area contributed by atoms with Crippen molar-refractivity contribution < 1.29 is 33.4 Å². The van der Waals surface area contributed by atoms with Crippen molar-refractivity contribution >= 4 is 87.2 Å². The zero-order valence-electron chi connectivity index (χ0n) is 22.3. The van der Waals surface area contributed by atoms with E-state index in [2.05, 4.69) is 79.5 Å². The number of hydrogen-bond acceptors (Lipinski definition) is 8. The molecule has 10 nitrogen and oxygen atoms in total. The zero-order chi connectivity index (χ0) is 29.7. The lowest BCUT2D eigenvalue weighted by Gasteiger charge is -2.26. The highest BCUT2D eigenvalue weighted by Crippen LogP contribution is 2.41. The van der Waals surface area contributed by atoms with Gasteiger partial charge in [0.05, 0.1) is 33.6 Å². The van der Waals surface area contributed by atoms with Crippen LogP contribution in [0.1, 0.15) is 39.2 Å². The molecule has 14 heteroatoms. The first-order valence-electron chi connectivity index (χ1n) is 12.2. The molecule has 3 rings (SSSR count). The average molecular weight is 815 g/mol. The predicted octanol–water partition coefficient (Wildman–Crippen LogP) is 5.79. The minimum atomic E-state index is -1.40. The van der Waals surface area contributed by atoms with Gasteiger partial charge < -0.3 is 29.7 Å². The van der Waals surface area contributed by atoms with E-state index in [9.17, 15) is 14.4 Å². The lowest BCUT2D eigenvalue weighted by Crippen LogP contribution is -2.42. The van der Waals surface area contributed by atoms with Gasteiger partial charge in [0.15, 0.2) is 5.76 Å². The molecule has 0 bridgehead atoms. The zero-order valence-corrected chi connectivity index (χ0v) is 28.6. The highest BCUT2D eigenvalue weighted by atomic mass is 79.9. The number of rotatable bonds is 10. The number of oxime groups is 1. The van der Waals surface area contributed by atoms with Gasteiger partial charge in [-0.15, -0.1) is 0 Å². The van der Waals surface area contributed by atoms with Gasteiger partial charge in [0.2, 0.25) is 11.4 Å².